The highest BCUT2D eigenvalue weighted by molar-refractivity contribution is 7.20. The molecule has 0 aliphatic rings. The number of aromatic carboxylic acids is 1. The van der Waals surface area contributed by atoms with Gasteiger partial charge in [-0.2, -0.15) is 0 Å². The molecule has 2 heterocycles. The first-order valence-electron chi connectivity index (χ1n) is 6.92. The Kier molecular flexibility index (Phi) is 3.90. The molecule has 0 aliphatic carbocycles. The van der Waals surface area contributed by atoms with E-state index in [2.05, 4.69) is 10.3 Å². The molecule has 122 valence electrons. The molecule has 3 aromatic rings. The van der Waals surface area contributed by atoms with Crippen LogP contribution in [0.4, 0.5) is 5.69 Å². The lowest BCUT2D eigenvalue weighted by molar-refractivity contribution is 0.0696. The molecule has 3 rings (SSSR count). The van der Waals surface area contributed by atoms with Gasteiger partial charge in [-0.25, -0.2) is 14.6 Å². The molecule has 0 aliphatic heterocycles. The van der Waals surface area contributed by atoms with Crippen LogP contribution in [-0.4, -0.2) is 22.0 Å². The highest BCUT2D eigenvalue weighted by atomic mass is 32.1. The lowest BCUT2D eigenvalue weighted by Crippen LogP contribution is -2.12. The minimum atomic E-state index is -1.04. The third kappa shape index (κ3) is 2.79. The lowest BCUT2D eigenvalue weighted by Gasteiger charge is -2.04. The van der Waals surface area contributed by atoms with E-state index in [1.54, 1.807) is 13.8 Å². The first-order valence-corrected chi connectivity index (χ1v) is 7.74. The SMILES string of the molecule is Cc1nc2sc(C(=O)Nc3ccc(C(=O)O)cc3)c(C)c2c(=O)o1. The van der Waals surface area contributed by atoms with Crippen LogP contribution in [0, 0.1) is 13.8 Å². The fourth-order valence-corrected chi connectivity index (χ4v) is 3.37. The molecule has 0 atom stereocenters. The van der Waals surface area contributed by atoms with Crippen molar-refractivity contribution < 1.29 is 19.1 Å². The Hall–Kier alpha value is -3.00. The topological polar surface area (TPSA) is 110 Å². The zero-order valence-electron chi connectivity index (χ0n) is 12.7. The fraction of sp³-hybridized carbons (Fsp3) is 0.125. The molecular weight excluding hydrogens is 332 g/mol. The summed E-state index contributed by atoms with van der Waals surface area (Å²) in [5.41, 5.74) is 0.577. The fourth-order valence-electron chi connectivity index (χ4n) is 2.27. The van der Waals surface area contributed by atoms with E-state index in [1.165, 1.54) is 24.3 Å². The van der Waals surface area contributed by atoms with Crippen LogP contribution in [0.5, 0.6) is 0 Å². The molecule has 0 bridgehead atoms. The van der Waals surface area contributed by atoms with Crippen LogP contribution in [0.2, 0.25) is 0 Å². The quantitative estimate of drug-likeness (QED) is 0.756. The molecular formula is C16H12N2O5S. The number of thiophene rings is 1. The van der Waals surface area contributed by atoms with Crippen LogP contribution in [0.25, 0.3) is 10.2 Å². The van der Waals surface area contributed by atoms with Crippen molar-refractivity contribution in [1.82, 2.24) is 4.98 Å². The van der Waals surface area contributed by atoms with Crippen molar-refractivity contribution >= 4 is 39.1 Å². The standard InChI is InChI=1S/C16H12N2O5S/c1-7-11-14(17-8(2)23-16(11)22)24-12(7)13(19)18-10-5-3-9(4-6-10)15(20)21/h3-6H,1-2H3,(H,18,19)(H,20,21). The second-order valence-electron chi connectivity index (χ2n) is 5.09. The molecule has 7 nitrogen and oxygen atoms in total. The molecule has 0 unspecified atom stereocenters. The number of aryl methyl sites for hydroxylation is 2. The van der Waals surface area contributed by atoms with Crippen LogP contribution >= 0.6 is 11.3 Å². The summed E-state index contributed by atoms with van der Waals surface area (Å²) < 4.78 is 4.97. The zero-order chi connectivity index (χ0) is 17.4. The van der Waals surface area contributed by atoms with Gasteiger partial charge in [-0.3, -0.25) is 4.79 Å². The monoisotopic (exact) mass is 344 g/mol. The minimum absolute atomic E-state index is 0.128. The second-order valence-corrected chi connectivity index (χ2v) is 6.09. The lowest BCUT2D eigenvalue weighted by atomic mass is 10.2. The molecule has 0 saturated heterocycles. The number of benzene rings is 1. The van der Waals surface area contributed by atoms with Crippen LogP contribution in [0.15, 0.2) is 33.5 Å². The first kappa shape index (κ1) is 15.9. The van der Waals surface area contributed by atoms with Gasteiger partial charge in [0.2, 0.25) is 0 Å². The highest BCUT2D eigenvalue weighted by Gasteiger charge is 2.20. The number of carboxylic acids is 1. The number of carboxylic acid groups (broad SMARTS) is 1. The van der Waals surface area contributed by atoms with Crippen molar-refractivity contribution in [3.63, 3.8) is 0 Å². The Bertz CT molecular complexity index is 1020. The number of rotatable bonds is 3. The van der Waals surface area contributed by atoms with Gasteiger partial charge in [0, 0.05) is 12.6 Å². The maximum absolute atomic E-state index is 12.4. The van der Waals surface area contributed by atoms with E-state index in [4.69, 9.17) is 9.52 Å². The van der Waals surface area contributed by atoms with Crippen molar-refractivity contribution in [2.24, 2.45) is 0 Å². The summed E-state index contributed by atoms with van der Waals surface area (Å²) in [4.78, 5) is 40.2. The van der Waals surface area contributed by atoms with Gasteiger partial charge in [-0.15, -0.1) is 11.3 Å². The summed E-state index contributed by atoms with van der Waals surface area (Å²) in [5.74, 6) is -1.19. The Morgan fingerprint density at radius 3 is 2.50 bits per heavy atom. The largest absolute Gasteiger partial charge is 0.478 e. The van der Waals surface area contributed by atoms with Gasteiger partial charge >= 0.3 is 11.6 Å². The average molecular weight is 344 g/mol. The predicted octanol–water partition coefficient (Wildman–Crippen LogP) is 2.82. The van der Waals surface area contributed by atoms with Crippen LogP contribution in [-0.2, 0) is 0 Å². The van der Waals surface area contributed by atoms with E-state index in [0.29, 0.717) is 26.3 Å². The summed E-state index contributed by atoms with van der Waals surface area (Å²) in [6, 6.07) is 5.80. The number of nitrogens with zero attached hydrogens (tertiary/aromatic N) is 1. The van der Waals surface area contributed by atoms with Crippen molar-refractivity contribution in [2.75, 3.05) is 5.32 Å². The minimum Gasteiger partial charge on any atom is -0.478 e. The van der Waals surface area contributed by atoms with Gasteiger partial charge in [0.25, 0.3) is 5.91 Å². The number of carbonyl (C=O) groups is 2. The van der Waals surface area contributed by atoms with Gasteiger partial charge in [0.1, 0.15) is 10.2 Å². The molecule has 1 aromatic carbocycles. The number of hydrogen-bond donors (Lipinski definition) is 2. The Balaban J connectivity index is 1.94. The molecule has 2 N–H and O–H groups in total. The van der Waals surface area contributed by atoms with E-state index in [0.717, 1.165) is 11.3 Å². The highest BCUT2D eigenvalue weighted by Crippen LogP contribution is 2.28. The number of amides is 1. The van der Waals surface area contributed by atoms with Gasteiger partial charge in [0.15, 0.2) is 5.89 Å². The number of aromatic nitrogens is 1. The summed E-state index contributed by atoms with van der Waals surface area (Å²) >= 11 is 1.11. The van der Waals surface area contributed by atoms with Gasteiger partial charge in [-0.1, -0.05) is 0 Å². The summed E-state index contributed by atoms with van der Waals surface area (Å²) in [7, 11) is 0. The summed E-state index contributed by atoms with van der Waals surface area (Å²) in [6.45, 7) is 3.23. The van der Waals surface area contributed by atoms with E-state index in [1.807, 2.05) is 0 Å². The third-order valence-corrected chi connectivity index (χ3v) is 4.61. The van der Waals surface area contributed by atoms with Gasteiger partial charge in [-0.05, 0) is 36.8 Å². The zero-order valence-corrected chi connectivity index (χ0v) is 13.6. The van der Waals surface area contributed by atoms with Crippen molar-refractivity contribution in [1.29, 1.82) is 0 Å². The number of nitrogens with one attached hydrogen (secondary N) is 1. The van der Waals surface area contributed by atoms with E-state index in [-0.39, 0.29) is 11.5 Å². The number of hydrogen-bond acceptors (Lipinski definition) is 6. The second kappa shape index (κ2) is 5.89. The van der Waals surface area contributed by atoms with Crippen LogP contribution < -0.4 is 10.9 Å². The summed E-state index contributed by atoms with van der Waals surface area (Å²) in [5, 5.41) is 11.9. The molecule has 8 heteroatoms. The number of carbonyl (C=O) groups excluding carboxylic acids is 1. The van der Waals surface area contributed by atoms with Gasteiger partial charge in [0.05, 0.1) is 10.4 Å². The van der Waals surface area contributed by atoms with Crippen molar-refractivity contribution in [3.05, 3.63) is 56.6 Å². The number of fused-ring (bicyclic) bond motifs is 1. The average Bonchev–Trinajstić information content (AvgIpc) is 2.84. The Morgan fingerprint density at radius 1 is 1.21 bits per heavy atom. The van der Waals surface area contributed by atoms with Crippen molar-refractivity contribution in [3.8, 4) is 0 Å². The maximum Gasteiger partial charge on any atom is 0.348 e. The third-order valence-electron chi connectivity index (χ3n) is 3.43. The Labute approximate surface area is 139 Å². The van der Waals surface area contributed by atoms with Gasteiger partial charge < -0.3 is 14.8 Å². The predicted molar refractivity (Wildman–Crippen MR) is 89.0 cm³/mol. The molecule has 0 radical (unpaired) electrons. The molecule has 0 fully saturated rings. The molecule has 0 saturated carbocycles. The summed E-state index contributed by atoms with van der Waals surface area (Å²) in [6.07, 6.45) is 0. The van der Waals surface area contributed by atoms with E-state index >= 15 is 0 Å². The van der Waals surface area contributed by atoms with Crippen molar-refractivity contribution in [2.45, 2.75) is 13.8 Å². The first-order chi connectivity index (χ1) is 11.4. The molecule has 2 aromatic heterocycles. The number of anilines is 1. The molecule has 0 spiro atoms. The van der Waals surface area contributed by atoms with Crippen LogP contribution in [0.1, 0.15) is 31.5 Å². The molecule has 1 amide bonds. The maximum atomic E-state index is 12.4. The van der Waals surface area contributed by atoms with E-state index in [9.17, 15) is 14.4 Å². The molecule has 24 heavy (non-hydrogen) atoms. The Morgan fingerprint density at radius 2 is 1.88 bits per heavy atom. The smallest absolute Gasteiger partial charge is 0.348 e. The normalized spacial score (nSPS) is 10.8. The van der Waals surface area contributed by atoms with E-state index < -0.39 is 17.5 Å². The van der Waals surface area contributed by atoms with Crippen LogP contribution in [0.3, 0.4) is 0 Å².